The molecule has 2 rings (SSSR count). The van der Waals surface area contributed by atoms with E-state index in [0.717, 1.165) is 5.56 Å². The second-order valence-corrected chi connectivity index (χ2v) is 5.95. The first-order valence-corrected chi connectivity index (χ1v) is 7.85. The lowest BCUT2D eigenvalue weighted by Crippen LogP contribution is -2.27. The lowest BCUT2D eigenvalue weighted by atomic mass is 10.1. The van der Waals surface area contributed by atoms with Gasteiger partial charge in [-0.1, -0.05) is 30.3 Å². The molecule has 23 heavy (non-hydrogen) atoms. The van der Waals surface area contributed by atoms with E-state index >= 15 is 0 Å². The zero-order valence-electron chi connectivity index (χ0n) is 13.5. The van der Waals surface area contributed by atoms with Crippen molar-refractivity contribution in [3.63, 3.8) is 0 Å². The van der Waals surface area contributed by atoms with Crippen molar-refractivity contribution in [3.05, 3.63) is 60.2 Å². The maximum Gasteiger partial charge on any atom is 0.321 e. The van der Waals surface area contributed by atoms with Gasteiger partial charge in [0, 0.05) is 19.8 Å². The molecule has 2 aromatic rings. The van der Waals surface area contributed by atoms with Gasteiger partial charge in [0.1, 0.15) is 11.9 Å². The highest BCUT2D eigenvalue weighted by Gasteiger charge is 2.18. The summed E-state index contributed by atoms with van der Waals surface area (Å²) in [7, 11) is 3.39. The average molecular weight is 333 g/mol. The number of hydrogen-bond donors (Lipinski definition) is 1. The largest absolute Gasteiger partial charge is 0.489 e. The van der Waals surface area contributed by atoms with Crippen LogP contribution >= 0.6 is 11.6 Å². The fraction of sp³-hybridized carbons (Fsp3) is 0.278. The molecule has 2 aromatic carbocycles. The maximum atomic E-state index is 11.6. The Morgan fingerprint density at radius 2 is 1.70 bits per heavy atom. The molecule has 0 aliphatic rings. The number of alkyl halides is 1. The second kappa shape index (κ2) is 7.88. The molecule has 5 heteroatoms. The Hall–Kier alpha value is -2.20. The standard InChI is InChI=1S/C18H21ClN2O2/c1-13(17(19)14-7-5-4-6-8-14)23-16-11-9-15(10-12-16)20-18(22)21(2)3/h4-13,17H,1-3H3,(H,20,22). The molecule has 0 aliphatic carbocycles. The number of urea groups is 1. The molecule has 2 atom stereocenters. The topological polar surface area (TPSA) is 41.6 Å². The Labute approximate surface area is 142 Å². The van der Waals surface area contributed by atoms with E-state index in [9.17, 15) is 4.79 Å². The number of hydrogen-bond acceptors (Lipinski definition) is 2. The number of carbonyl (C=O) groups is 1. The van der Waals surface area contributed by atoms with Crippen molar-refractivity contribution in [2.75, 3.05) is 19.4 Å². The molecule has 4 nitrogen and oxygen atoms in total. The molecule has 0 aromatic heterocycles. The summed E-state index contributed by atoms with van der Waals surface area (Å²) in [5, 5.41) is 2.54. The molecular formula is C18H21ClN2O2. The average Bonchev–Trinajstić information content (AvgIpc) is 2.56. The van der Waals surface area contributed by atoms with Crippen LogP contribution in [-0.4, -0.2) is 31.1 Å². The van der Waals surface area contributed by atoms with Crippen LogP contribution in [0, 0.1) is 0 Å². The van der Waals surface area contributed by atoms with Gasteiger partial charge in [-0.15, -0.1) is 11.6 Å². The molecule has 2 amide bonds. The third-order valence-corrected chi connectivity index (χ3v) is 3.97. The minimum Gasteiger partial charge on any atom is -0.489 e. The summed E-state index contributed by atoms with van der Waals surface area (Å²) in [6.45, 7) is 1.94. The number of halogens is 1. The zero-order chi connectivity index (χ0) is 16.8. The predicted molar refractivity (Wildman–Crippen MR) is 94.3 cm³/mol. The van der Waals surface area contributed by atoms with E-state index in [1.54, 1.807) is 26.2 Å². The number of anilines is 1. The molecular weight excluding hydrogens is 312 g/mol. The monoisotopic (exact) mass is 332 g/mol. The van der Waals surface area contributed by atoms with E-state index in [0.29, 0.717) is 11.4 Å². The van der Waals surface area contributed by atoms with Gasteiger partial charge in [0.15, 0.2) is 0 Å². The van der Waals surface area contributed by atoms with E-state index in [1.165, 1.54) is 4.90 Å². The smallest absolute Gasteiger partial charge is 0.321 e. The van der Waals surface area contributed by atoms with Crippen LogP contribution in [-0.2, 0) is 0 Å². The van der Waals surface area contributed by atoms with E-state index < -0.39 is 0 Å². The van der Waals surface area contributed by atoms with Crippen molar-refractivity contribution < 1.29 is 9.53 Å². The molecule has 1 N–H and O–H groups in total. The third kappa shape index (κ3) is 4.89. The summed E-state index contributed by atoms with van der Waals surface area (Å²) in [5.74, 6) is 0.710. The normalized spacial score (nSPS) is 13.0. The zero-order valence-corrected chi connectivity index (χ0v) is 14.2. The molecule has 122 valence electrons. The number of rotatable bonds is 5. The van der Waals surface area contributed by atoms with Crippen molar-refractivity contribution in [2.24, 2.45) is 0 Å². The summed E-state index contributed by atoms with van der Waals surface area (Å²) < 4.78 is 5.88. The fourth-order valence-electron chi connectivity index (χ4n) is 2.03. The van der Waals surface area contributed by atoms with Crippen LogP contribution in [0.2, 0.25) is 0 Å². The first-order chi connectivity index (χ1) is 11.0. The Balaban J connectivity index is 1.96. The maximum absolute atomic E-state index is 11.6. The highest BCUT2D eigenvalue weighted by molar-refractivity contribution is 6.21. The van der Waals surface area contributed by atoms with E-state index in [1.807, 2.05) is 49.4 Å². The summed E-state index contributed by atoms with van der Waals surface area (Å²) >= 11 is 6.45. The lowest BCUT2D eigenvalue weighted by molar-refractivity contribution is 0.216. The summed E-state index contributed by atoms with van der Waals surface area (Å²) in [4.78, 5) is 13.1. The van der Waals surface area contributed by atoms with Crippen molar-refractivity contribution in [1.82, 2.24) is 4.90 Å². The van der Waals surface area contributed by atoms with Crippen LogP contribution in [0.3, 0.4) is 0 Å². The Bertz CT molecular complexity index is 629. The fourth-order valence-corrected chi connectivity index (χ4v) is 2.23. The minimum atomic E-state index is -0.232. The number of benzene rings is 2. The van der Waals surface area contributed by atoms with Crippen LogP contribution in [0.4, 0.5) is 10.5 Å². The molecule has 2 unspecified atom stereocenters. The molecule has 0 bridgehead atoms. The number of carbonyl (C=O) groups excluding carboxylic acids is 1. The first kappa shape index (κ1) is 17.2. The second-order valence-electron chi connectivity index (χ2n) is 5.48. The summed E-state index contributed by atoms with van der Waals surface area (Å²) in [6.07, 6.45) is -0.179. The summed E-state index contributed by atoms with van der Waals surface area (Å²) in [5.41, 5.74) is 1.74. The van der Waals surface area contributed by atoms with Gasteiger partial charge in [0.05, 0.1) is 5.38 Å². The molecule has 0 radical (unpaired) electrons. The van der Waals surface area contributed by atoms with Gasteiger partial charge in [0.25, 0.3) is 0 Å². The van der Waals surface area contributed by atoms with Gasteiger partial charge >= 0.3 is 6.03 Å². The van der Waals surface area contributed by atoms with Gasteiger partial charge in [0.2, 0.25) is 0 Å². The number of amides is 2. The quantitative estimate of drug-likeness (QED) is 0.817. The van der Waals surface area contributed by atoms with Crippen molar-refractivity contribution >= 4 is 23.3 Å². The van der Waals surface area contributed by atoms with Gasteiger partial charge in [-0.05, 0) is 36.8 Å². The number of nitrogens with one attached hydrogen (secondary N) is 1. The Kier molecular flexibility index (Phi) is 5.88. The minimum absolute atomic E-state index is 0.170. The van der Waals surface area contributed by atoms with Crippen molar-refractivity contribution in [3.8, 4) is 5.75 Å². The van der Waals surface area contributed by atoms with Crippen LogP contribution in [0.15, 0.2) is 54.6 Å². The molecule has 0 saturated carbocycles. The SMILES string of the molecule is CC(Oc1ccc(NC(=O)N(C)C)cc1)C(Cl)c1ccccc1. The lowest BCUT2D eigenvalue weighted by Gasteiger charge is -2.20. The van der Waals surface area contributed by atoms with E-state index in [4.69, 9.17) is 16.3 Å². The van der Waals surface area contributed by atoms with E-state index in [-0.39, 0.29) is 17.5 Å². The van der Waals surface area contributed by atoms with Crippen molar-refractivity contribution in [1.29, 1.82) is 0 Å². The van der Waals surface area contributed by atoms with Crippen LogP contribution in [0.1, 0.15) is 17.9 Å². The van der Waals surface area contributed by atoms with Crippen molar-refractivity contribution in [2.45, 2.75) is 18.4 Å². The molecule has 0 fully saturated rings. The van der Waals surface area contributed by atoms with Crippen LogP contribution in [0.25, 0.3) is 0 Å². The van der Waals surface area contributed by atoms with Gasteiger partial charge in [-0.25, -0.2) is 4.79 Å². The first-order valence-electron chi connectivity index (χ1n) is 7.41. The van der Waals surface area contributed by atoms with E-state index in [2.05, 4.69) is 5.32 Å². The molecule has 0 spiro atoms. The third-order valence-electron chi connectivity index (χ3n) is 3.36. The van der Waals surface area contributed by atoms with Crippen LogP contribution in [0.5, 0.6) is 5.75 Å². The highest BCUT2D eigenvalue weighted by Crippen LogP contribution is 2.28. The van der Waals surface area contributed by atoms with Gasteiger partial charge in [-0.3, -0.25) is 0 Å². The highest BCUT2D eigenvalue weighted by atomic mass is 35.5. The Morgan fingerprint density at radius 3 is 2.26 bits per heavy atom. The number of ether oxygens (including phenoxy) is 1. The predicted octanol–water partition coefficient (Wildman–Crippen LogP) is 4.53. The summed E-state index contributed by atoms with van der Waals surface area (Å²) in [6, 6.07) is 16.9. The molecule has 0 aliphatic heterocycles. The van der Waals surface area contributed by atoms with Gasteiger partial charge < -0.3 is 15.0 Å². The van der Waals surface area contributed by atoms with Crippen LogP contribution < -0.4 is 10.1 Å². The Morgan fingerprint density at radius 1 is 1.09 bits per heavy atom. The van der Waals surface area contributed by atoms with Gasteiger partial charge in [-0.2, -0.15) is 0 Å². The molecule has 0 heterocycles. The number of nitrogens with zero attached hydrogens (tertiary/aromatic N) is 1. The molecule has 0 saturated heterocycles.